The largest absolute Gasteiger partial charge is 0.493 e. The van der Waals surface area contributed by atoms with Gasteiger partial charge >= 0.3 is 0 Å². The molecule has 0 saturated heterocycles. The van der Waals surface area contributed by atoms with Crippen molar-refractivity contribution >= 4 is 0 Å². The zero-order chi connectivity index (χ0) is 14.1. The highest BCUT2D eigenvalue weighted by molar-refractivity contribution is 5.41. The van der Waals surface area contributed by atoms with E-state index < -0.39 is 0 Å². The van der Waals surface area contributed by atoms with Crippen molar-refractivity contribution < 1.29 is 4.74 Å². The summed E-state index contributed by atoms with van der Waals surface area (Å²) in [4.78, 5) is 0. The number of hydrogen-bond donors (Lipinski definition) is 1. The van der Waals surface area contributed by atoms with E-state index in [0.29, 0.717) is 12.5 Å². The summed E-state index contributed by atoms with van der Waals surface area (Å²) in [5.74, 6) is 1.29. The van der Waals surface area contributed by atoms with E-state index in [1.54, 1.807) is 0 Å². The highest BCUT2D eigenvalue weighted by atomic mass is 16.5. The van der Waals surface area contributed by atoms with Crippen LogP contribution in [0.5, 0.6) is 5.75 Å². The summed E-state index contributed by atoms with van der Waals surface area (Å²) in [5.41, 5.74) is 11.7. The van der Waals surface area contributed by atoms with Gasteiger partial charge in [-0.2, -0.15) is 0 Å². The highest BCUT2D eigenvalue weighted by Gasteiger charge is 2.29. The Bertz CT molecular complexity index is 621. The van der Waals surface area contributed by atoms with Gasteiger partial charge in [-0.1, -0.05) is 42.0 Å². The van der Waals surface area contributed by atoms with E-state index >= 15 is 0 Å². The molecule has 2 aromatic rings. The molecule has 1 aliphatic heterocycles. The SMILES string of the molecule is Cc1ccc(C)c(CC(N)C2COc3ccccc32)c1. The van der Waals surface area contributed by atoms with E-state index in [2.05, 4.69) is 44.2 Å². The zero-order valence-corrected chi connectivity index (χ0v) is 12.1. The Labute approximate surface area is 120 Å². The number of nitrogens with two attached hydrogens (primary N) is 1. The van der Waals surface area contributed by atoms with E-state index in [1.807, 2.05) is 12.1 Å². The van der Waals surface area contributed by atoms with Gasteiger partial charge < -0.3 is 10.5 Å². The number of rotatable bonds is 3. The minimum absolute atomic E-state index is 0.0964. The van der Waals surface area contributed by atoms with Crippen molar-refractivity contribution in [1.82, 2.24) is 0 Å². The van der Waals surface area contributed by atoms with Crippen LogP contribution in [0.4, 0.5) is 0 Å². The molecule has 1 aliphatic rings. The topological polar surface area (TPSA) is 35.2 Å². The van der Waals surface area contributed by atoms with Crippen LogP contribution in [0.15, 0.2) is 42.5 Å². The number of benzene rings is 2. The van der Waals surface area contributed by atoms with Crippen LogP contribution in [0.2, 0.25) is 0 Å². The smallest absolute Gasteiger partial charge is 0.122 e. The van der Waals surface area contributed by atoms with Gasteiger partial charge in [-0.05, 0) is 37.5 Å². The molecule has 0 aromatic heterocycles. The molecule has 0 aliphatic carbocycles. The lowest BCUT2D eigenvalue weighted by atomic mass is 9.88. The van der Waals surface area contributed by atoms with Gasteiger partial charge in [-0.3, -0.25) is 0 Å². The van der Waals surface area contributed by atoms with Crippen LogP contribution in [0.25, 0.3) is 0 Å². The van der Waals surface area contributed by atoms with Crippen LogP contribution in [0, 0.1) is 13.8 Å². The number of fused-ring (bicyclic) bond motifs is 1. The molecule has 2 N–H and O–H groups in total. The van der Waals surface area contributed by atoms with Crippen molar-refractivity contribution in [3.63, 3.8) is 0 Å². The molecule has 0 bridgehead atoms. The molecular formula is C18H21NO. The van der Waals surface area contributed by atoms with Gasteiger partial charge in [-0.15, -0.1) is 0 Å². The standard InChI is InChI=1S/C18H21NO/c1-12-7-8-13(2)14(9-12)10-17(19)16-11-20-18-6-4-3-5-15(16)18/h3-9,16-17H,10-11,19H2,1-2H3. The van der Waals surface area contributed by atoms with Crippen molar-refractivity contribution in [1.29, 1.82) is 0 Å². The number of aryl methyl sites for hydroxylation is 2. The predicted octanol–water partition coefficient (Wildman–Crippen LogP) is 3.35. The molecule has 20 heavy (non-hydrogen) atoms. The Kier molecular flexibility index (Phi) is 3.49. The van der Waals surface area contributed by atoms with Crippen LogP contribution in [0.3, 0.4) is 0 Å². The molecule has 0 fully saturated rings. The summed E-state index contributed by atoms with van der Waals surface area (Å²) >= 11 is 0. The third-order valence-corrected chi connectivity index (χ3v) is 4.21. The Morgan fingerprint density at radius 2 is 2.00 bits per heavy atom. The van der Waals surface area contributed by atoms with Crippen molar-refractivity contribution in [3.05, 3.63) is 64.7 Å². The molecule has 104 valence electrons. The van der Waals surface area contributed by atoms with Crippen LogP contribution in [0.1, 0.15) is 28.2 Å². The Morgan fingerprint density at radius 3 is 2.85 bits per heavy atom. The molecule has 2 unspecified atom stereocenters. The summed E-state index contributed by atoms with van der Waals surface area (Å²) in [5, 5.41) is 0. The van der Waals surface area contributed by atoms with Gasteiger partial charge in [0.1, 0.15) is 5.75 Å². The molecule has 0 radical (unpaired) electrons. The van der Waals surface area contributed by atoms with Crippen molar-refractivity contribution in [2.45, 2.75) is 32.2 Å². The van der Waals surface area contributed by atoms with Crippen LogP contribution in [-0.2, 0) is 6.42 Å². The maximum Gasteiger partial charge on any atom is 0.122 e. The number of para-hydroxylation sites is 1. The zero-order valence-electron chi connectivity index (χ0n) is 12.1. The van der Waals surface area contributed by atoms with Crippen LogP contribution < -0.4 is 10.5 Å². The summed E-state index contributed by atoms with van der Waals surface area (Å²) in [6, 6.07) is 14.9. The predicted molar refractivity (Wildman–Crippen MR) is 82.3 cm³/mol. The summed E-state index contributed by atoms with van der Waals surface area (Å²) in [6.07, 6.45) is 0.899. The average molecular weight is 267 g/mol. The molecule has 0 spiro atoms. The van der Waals surface area contributed by atoms with Gasteiger partial charge in [-0.25, -0.2) is 0 Å². The quantitative estimate of drug-likeness (QED) is 0.925. The summed E-state index contributed by atoms with van der Waals surface area (Å²) < 4.78 is 5.74. The van der Waals surface area contributed by atoms with E-state index in [1.165, 1.54) is 22.3 Å². The monoisotopic (exact) mass is 267 g/mol. The van der Waals surface area contributed by atoms with Crippen molar-refractivity contribution in [2.24, 2.45) is 5.73 Å². The van der Waals surface area contributed by atoms with E-state index in [4.69, 9.17) is 10.5 Å². The van der Waals surface area contributed by atoms with Gasteiger partial charge in [0.25, 0.3) is 0 Å². The Morgan fingerprint density at radius 1 is 1.20 bits per heavy atom. The lowest BCUT2D eigenvalue weighted by Gasteiger charge is -2.19. The molecule has 0 saturated carbocycles. The van der Waals surface area contributed by atoms with E-state index in [-0.39, 0.29) is 6.04 Å². The first-order valence-electron chi connectivity index (χ1n) is 7.18. The van der Waals surface area contributed by atoms with Gasteiger partial charge in [0, 0.05) is 17.5 Å². The molecule has 2 nitrogen and oxygen atoms in total. The maximum absolute atomic E-state index is 6.46. The van der Waals surface area contributed by atoms with Gasteiger partial charge in [0.2, 0.25) is 0 Å². The second-order valence-electron chi connectivity index (χ2n) is 5.75. The lowest BCUT2D eigenvalue weighted by Crippen LogP contribution is -2.32. The molecule has 1 heterocycles. The number of ether oxygens (including phenoxy) is 1. The second-order valence-corrected chi connectivity index (χ2v) is 5.75. The first kappa shape index (κ1) is 13.2. The molecule has 0 amide bonds. The number of hydrogen-bond acceptors (Lipinski definition) is 2. The second kappa shape index (κ2) is 5.29. The first-order valence-corrected chi connectivity index (χ1v) is 7.18. The summed E-state index contributed by atoms with van der Waals surface area (Å²) in [7, 11) is 0. The molecular weight excluding hydrogens is 246 g/mol. The first-order chi connectivity index (χ1) is 9.65. The molecule has 2 aromatic carbocycles. The Hall–Kier alpha value is -1.80. The fraction of sp³-hybridized carbons (Fsp3) is 0.333. The normalized spacial score (nSPS) is 18.4. The fourth-order valence-electron chi connectivity index (χ4n) is 2.96. The minimum atomic E-state index is 0.0964. The van der Waals surface area contributed by atoms with Gasteiger partial charge in [0.05, 0.1) is 6.61 Å². The van der Waals surface area contributed by atoms with E-state index in [0.717, 1.165) is 12.2 Å². The fourth-order valence-corrected chi connectivity index (χ4v) is 2.96. The van der Waals surface area contributed by atoms with Crippen molar-refractivity contribution in [2.75, 3.05) is 6.61 Å². The van der Waals surface area contributed by atoms with E-state index in [9.17, 15) is 0 Å². The Balaban J connectivity index is 1.81. The third kappa shape index (κ3) is 2.44. The summed E-state index contributed by atoms with van der Waals surface area (Å²) in [6.45, 7) is 4.98. The van der Waals surface area contributed by atoms with Gasteiger partial charge in [0.15, 0.2) is 0 Å². The average Bonchev–Trinajstić information content (AvgIpc) is 2.87. The third-order valence-electron chi connectivity index (χ3n) is 4.21. The minimum Gasteiger partial charge on any atom is -0.493 e. The highest BCUT2D eigenvalue weighted by Crippen LogP contribution is 2.35. The van der Waals surface area contributed by atoms with Crippen LogP contribution >= 0.6 is 0 Å². The van der Waals surface area contributed by atoms with Crippen LogP contribution in [-0.4, -0.2) is 12.6 Å². The molecule has 2 heteroatoms. The molecule has 3 rings (SSSR count). The lowest BCUT2D eigenvalue weighted by molar-refractivity contribution is 0.313. The molecule has 2 atom stereocenters. The van der Waals surface area contributed by atoms with Crippen molar-refractivity contribution in [3.8, 4) is 5.75 Å². The maximum atomic E-state index is 6.46.